The summed E-state index contributed by atoms with van der Waals surface area (Å²) in [5.74, 6) is 0. The molecule has 1 atom stereocenters. The van der Waals surface area contributed by atoms with Crippen LogP contribution >= 0.6 is 0 Å². The van der Waals surface area contributed by atoms with Crippen LogP contribution in [0, 0.1) is 0 Å². The molecule has 18 heavy (non-hydrogen) atoms. The second kappa shape index (κ2) is 6.31. The fourth-order valence-electron chi connectivity index (χ4n) is 1.99. The van der Waals surface area contributed by atoms with Gasteiger partial charge in [0.15, 0.2) is 0 Å². The largest absolute Gasteiger partial charge is 0.395 e. The van der Waals surface area contributed by atoms with Gasteiger partial charge in [-0.25, -0.2) is 0 Å². The average Bonchev–Trinajstić information content (AvgIpc) is 2.34. The summed E-state index contributed by atoms with van der Waals surface area (Å²) in [5, 5.41) is 9.46. The normalized spacial score (nSPS) is 15.3. The second-order valence-electron chi connectivity index (χ2n) is 4.58. The van der Waals surface area contributed by atoms with E-state index >= 15 is 0 Å². The zero-order valence-corrected chi connectivity index (χ0v) is 11.4. The monoisotopic (exact) mass is 272 g/mol. The van der Waals surface area contributed by atoms with Gasteiger partial charge in [0, 0.05) is 0 Å². The van der Waals surface area contributed by atoms with E-state index < -0.39 is 21.5 Å². The molecule has 0 radical (unpaired) electrons. The summed E-state index contributed by atoms with van der Waals surface area (Å²) in [6.45, 7) is 1.37. The Hall–Kier alpha value is -0.910. The topological polar surface area (TPSA) is 74.6 Å². The molecule has 5 heteroatoms. The predicted octanol–water partition coefficient (Wildman–Crippen LogP) is 2.04. The number of rotatable bonds is 7. The van der Waals surface area contributed by atoms with Crippen molar-refractivity contribution in [3.8, 4) is 0 Å². The molecule has 102 valence electrons. The number of aliphatic hydroxyl groups excluding tert-OH is 1. The maximum Gasteiger partial charge on any atom is 0.273 e. The molecule has 0 bridgehead atoms. The maximum absolute atomic E-state index is 11.6. The summed E-state index contributed by atoms with van der Waals surface area (Å²) in [5.41, 5.74) is 0.792. The van der Waals surface area contributed by atoms with Crippen molar-refractivity contribution < 1.29 is 18.1 Å². The molecule has 2 N–H and O–H groups in total. The number of hydrogen-bond donors (Lipinski definition) is 2. The van der Waals surface area contributed by atoms with Gasteiger partial charge in [0.2, 0.25) is 0 Å². The average molecular weight is 272 g/mol. The zero-order chi connectivity index (χ0) is 13.6. The molecule has 0 saturated carbocycles. The molecule has 0 heterocycles. The molecule has 0 aromatic heterocycles. The summed E-state index contributed by atoms with van der Waals surface area (Å²) in [4.78, 5) is 0. The van der Waals surface area contributed by atoms with E-state index in [0.29, 0.717) is 6.42 Å². The lowest BCUT2D eigenvalue weighted by molar-refractivity contribution is 0.220. The molecular formula is C13H20O4S. The Balaban J connectivity index is 3.04. The molecule has 0 aliphatic rings. The molecule has 1 aromatic rings. The Morgan fingerprint density at radius 3 is 2.28 bits per heavy atom. The lowest BCUT2D eigenvalue weighted by Gasteiger charge is -2.28. The second-order valence-corrected chi connectivity index (χ2v) is 6.40. The van der Waals surface area contributed by atoms with Crippen LogP contribution in [0.5, 0.6) is 0 Å². The van der Waals surface area contributed by atoms with Gasteiger partial charge in [0.25, 0.3) is 10.1 Å². The third-order valence-electron chi connectivity index (χ3n) is 3.19. The van der Waals surface area contributed by atoms with Gasteiger partial charge in [-0.2, -0.15) is 8.42 Å². The Morgan fingerprint density at radius 1 is 1.22 bits per heavy atom. The van der Waals surface area contributed by atoms with E-state index in [2.05, 4.69) is 0 Å². The quantitative estimate of drug-likeness (QED) is 0.745. The van der Waals surface area contributed by atoms with Crippen LogP contribution in [-0.4, -0.2) is 29.4 Å². The van der Waals surface area contributed by atoms with Crippen molar-refractivity contribution in [3.05, 3.63) is 35.9 Å². The Kier molecular flexibility index (Phi) is 5.31. The number of hydrogen-bond acceptors (Lipinski definition) is 3. The van der Waals surface area contributed by atoms with E-state index in [1.807, 2.05) is 13.0 Å². The van der Waals surface area contributed by atoms with Gasteiger partial charge >= 0.3 is 0 Å². The zero-order valence-electron chi connectivity index (χ0n) is 10.5. The first kappa shape index (κ1) is 15.1. The van der Waals surface area contributed by atoms with Crippen molar-refractivity contribution in [2.45, 2.75) is 37.4 Å². The van der Waals surface area contributed by atoms with Gasteiger partial charge in [-0.15, -0.1) is 0 Å². The lowest BCUT2D eigenvalue weighted by Crippen LogP contribution is -2.44. The summed E-state index contributed by atoms with van der Waals surface area (Å²) in [6, 6.07) is 9.04. The van der Waals surface area contributed by atoms with Gasteiger partial charge < -0.3 is 5.11 Å². The molecule has 0 aliphatic heterocycles. The molecule has 0 saturated heterocycles. The van der Waals surface area contributed by atoms with Crippen LogP contribution in [0.3, 0.4) is 0 Å². The molecule has 0 amide bonds. The van der Waals surface area contributed by atoms with Crippen molar-refractivity contribution in [2.75, 3.05) is 6.61 Å². The SMILES string of the molecule is CCCCC(CO)(Cc1ccccc1)S(=O)(=O)O. The Labute approximate surface area is 108 Å². The molecule has 1 rings (SSSR count). The van der Waals surface area contributed by atoms with Gasteiger partial charge in [-0.1, -0.05) is 50.1 Å². The summed E-state index contributed by atoms with van der Waals surface area (Å²) in [7, 11) is -4.30. The van der Waals surface area contributed by atoms with Crippen LogP contribution in [0.2, 0.25) is 0 Å². The number of unbranched alkanes of at least 4 members (excludes halogenated alkanes) is 1. The smallest absolute Gasteiger partial charge is 0.273 e. The maximum atomic E-state index is 11.6. The predicted molar refractivity (Wildman–Crippen MR) is 71.0 cm³/mol. The van der Waals surface area contributed by atoms with Crippen LogP contribution in [0.4, 0.5) is 0 Å². The van der Waals surface area contributed by atoms with E-state index in [-0.39, 0.29) is 12.8 Å². The van der Waals surface area contributed by atoms with Gasteiger partial charge in [-0.3, -0.25) is 4.55 Å². The van der Waals surface area contributed by atoms with E-state index in [0.717, 1.165) is 12.0 Å². The number of benzene rings is 1. The van der Waals surface area contributed by atoms with Crippen molar-refractivity contribution in [1.82, 2.24) is 0 Å². The standard InChI is InChI=1S/C13H20O4S/c1-2-3-9-13(11-14,18(15,16)17)10-12-7-5-4-6-8-12/h4-8,14H,2-3,9-11H2,1H3,(H,15,16,17). The minimum Gasteiger partial charge on any atom is -0.395 e. The van der Waals surface area contributed by atoms with Gasteiger partial charge in [0.1, 0.15) is 4.75 Å². The van der Waals surface area contributed by atoms with E-state index in [9.17, 15) is 18.1 Å². The van der Waals surface area contributed by atoms with Crippen LogP contribution in [0.1, 0.15) is 31.7 Å². The van der Waals surface area contributed by atoms with Crippen LogP contribution < -0.4 is 0 Å². The summed E-state index contributed by atoms with van der Waals surface area (Å²) < 4.78 is 31.1. The third kappa shape index (κ3) is 3.54. The molecule has 4 nitrogen and oxygen atoms in total. The Morgan fingerprint density at radius 2 is 1.83 bits per heavy atom. The van der Waals surface area contributed by atoms with Gasteiger partial charge in [-0.05, 0) is 18.4 Å². The van der Waals surface area contributed by atoms with Crippen molar-refractivity contribution in [1.29, 1.82) is 0 Å². The molecule has 0 spiro atoms. The highest BCUT2D eigenvalue weighted by molar-refractivity contribution is 7.87. The van der Waals surface area contributed by atoms with Crippen LogP contribution in [-0.2, 0) is 16.5 Å². The minimum atomic E-state index is -4.30. The van der Waals surface area contributed by atoms with Crippen LogP contribution in [0.25, 0.3) is 0 Å². The van der Waals surface area contributed by atoms with Crippen molar-refractivity contribution >= 4 is 10.1 Å². The highest BCUT2D eigenvalue weighted by Gasteiger charge is 2.41. The fraction of sp³-hybridized carbons (Fsp3) is 0.538. The lowest BCUT2D eigenvalue weighted by atomic mass is 9.94. The van der Waals surface area contributed by atoms with E-state index in [1.54, 1.807) is 24.3 Å². The first-order chi connectivity index (χ1) is 8.45. The van der Waals surface area contributed by atoms with E-state index in [1.165, 1.54) is 0 Å². The highest BCUT2D eigenvalue weighted by Crippen LogP contribution is 2.28. The number of aliphatic hydroxyl groups is 1. The summed E-state index contributed by atoms with van der Waals surface area (Å²) in [6.07, 6.45) is 1.84. The first-order valence-corrected chi connectivity index (χ1v) is 7.51. The van der Waals surface area contributed by atoms with Crippen molar-refractivity contribution in [2.24, 2.45) is 0 Å². The van der Waals surface area contributed by atoms with Crippen LogP contribution in [0.15, 0.2) is 30.3 Å². The summed E-state index contributed by atoms with van der Waals surface area (Å²) >= 11 is 0. The molecule has 0 aliphatic carbocycles. The van der Waals surface area contributed by atoms with E-state index in [4.69, 9.17) is 0 Å². The molecule has 1 unspecified atom stereocenters. The third-order valence-corrected chi connectivity index (χ3v) is 4.76. The fourth-order valence-corrected chi connectivity index (χ4v) is 2.91. The molecular weight excluding hydrogens is 252 g/mol. The van der Waals surface area contributed by atoms with Gasteiger partial charge in [0.05, 0.1) is 6.61 Å². The van der Waals surface area contributed by atoms with Crippen molar-refractivity contribution in [3.63, 3.8) is 0 Å². The Bertz CT molecular complexity index is 455. The highest BCUT2D eigenvalue weighted by atomic mass is 32.2. The minimum absolute atomic E-state index is 0.128. The first-order valence-electron chi connectivity index (χ1n) is 6.07. The molecule has 1 aromatic carbocycles. The molecule has 0 fully saturated rings.